The Labute approximate surface area is 135 Å². The fraction of sp³-hybridized carbons (Fsp3) is 0.333. The summed E-state index contributed by atoms with van der Waals surface area (Å²) >= 11 is 0. The summed E-state index contributed by atoms with van der Waals surface area (Å²) in [4.78, 5) is 4.15. The summed E-state index contributed by atoms with van der Waals surface area (Å²) in [6, 6.07) is 3.63. The van der Waals surface area contributed by atoms with Crippen molar-refractivity contribution in [2.45, 2.75) is 25.7 Å². The number of aromatic nitrogens is 2. The predicted molar refractivity (Wildman–Crippen MR) is 83.4 cm³/mol. The maximum absolute atomic E-state index is 12.1. The van der Waals surface area contributed by atoms with Gasteiger partial charge in [0, 0.05) is 5.69 Å². The average molecular weight is 335 g/mol. The van der Waals surface area contributed by atoms with Crippen molar-refractivity contribution < 1.29 is 17.7 Å². The van der Waals surface area contributed by atoms with E-state index in [0.29, 0.717) is 11.4 Å². The lowest BCUT2D eigenvalue weighted by atomic mass is 10.4. The minimum atomic E-state index is -3.68. The molecule has 0 amide bonds. The van der Waals surface area contributed by atoms with Crippen LogP contribution in [0, 0.1) is 32.6 Å². The molecule has 122 valence electrons. The molecule has 0 atom stereocenters. The first kappa shape index (κ1) is 17.0. The molecule has 0 saturated carbocycles. The van der Waals surface area contributed by atoms with E-state index in [2.05, 4.69) is 26.7 Å². The van der Waals surface area contributed by atoms with Gasteiger partial charge in [0.05, 0.1) is 12.7 Å². The van der Waals surface area contributed by atoms with Gasteiger partial charge < -0.3 is 9.26 Å². The number of rotatable bonds is 5. The molecule has 7 nitrogen and oxygen atoms in total. The van der Waals surface area contributed by atoms with Crippen LogP contribution < -0.4 is 9.46 Å². The SMILES string of the molecule is Cc1ccc(OCC#CCNS(=O)(=O)c2c(C)noc2C)cn1. The monoisotopic (exact) mass is 335 g/mol. The smallest absolute Gasteiger partial charge is 0.246 e. The predicted octanol–water partition coefficient (Wildman–Crippen LogP) is 1.36. The van der Waals surface area contributed by atoms with Crippen LogP contribution in [-0.4, -0.2) is 31.7 Å². The van der Waals surface area contributed by atoms with Gasteiger partial charge in [0.1, 0.15) is 22.9 Å². The van der Waals surface area contributed by atoms with Crippen molar-refractivity contribution in [3.8, 4) is 17.6 Å². The quantitative estimate of drug-likeness (QED) is 0.829. The second-order valence-electron chi connectivity index (χ2n) is 4.76. The second-order valence-corrected chi connectivity index (χ2v) is 6.46. The van der Waals surface area contributed by atoms with E-state index in [9.17, 15) is 8.42 Å². The van der Waals surface area contributed by atoms with Crippen LogP contribution in [0.1, 0.15) is 17.1 Å². The molecular weight excluding hydrogens is 318 g/mol. The van der Waals surface area contributed by atoms with Crippen molar-refractivity contribution in [2.75, 3.05) is 13.2 Å². The van der Waals surface area contributed by atoms with Gasteiger partial charge >= 0.3 is 0 Å². The van der Waals surface area contributed by atoms with E-state index in [1.54, 1.807) is 26.1 Å². The van der Waals surface area contributed by atoms with Crippen molar-refractivity contribution in [3.05, 3.63) is 35.5 Å². The topological polar surface area (TPSA) is 94.3 Å². The first-order valence-corrected chi connectivity index (χ1v) is 8.32. The molecule has 0 bridgehead atoms. The number of sulfonamides is 1. The van der Waals surface area contributed by atoms with E-state index < -0.39 is 10.0 Å². The third-order valence-corrected chi connectivity index (χ3v) is 4.55. The van der Waals surface area contributed by atoms with Crippen LogP contribution >= 0.6 is 0 Å². The van der Waals surface area contributed by atoms with Crippen molar-refractivity contribution in [2.24, 2.45) is 0 Å². The van der Waals surface area contributed by atoms with Crippen LogP contribution in [0.5, 0.6) is 5.75 Å². The zero-order valence-corrected chi connectivity index (χ0v) is 13.9. The summed E-state index contributed by atoms with van der Waals surface area (Å²) < 4.78 is 36.8. The number of aryl methyl sites for hydroxylation is 3. The van der Waals surface area contributed by atoms with Gasteiger partial charge in [-0.25, -0.2) is 8.42 Å². The van der Waals surface area contributed by atoms with Crippen LogP contribution in [0.15, 0.2) is 27.7 Å². The molecule has 0 aromatic carbocycles. The fourth-order valence-corrected chi connectivity index (χ4v) is 3.08. The van der Waals surface area contributed by atoms with Gasteiger partial charge in [-0.1, -0.05) is 17.0 Å². The normalized spacial score (nSPS) is 10.9. The molecule has 0 aliphatic heterocycles. The van der Waals surface area contributed by atoms with E-state index in [1.165, 1.54) is 0 Å². The first-order valence-electron chi connectivity index (χ1n) is 6.84. The minimum absolute atomic E-state index is 0.0259. The standard InChI is InChI=1S/C15H17N3O4S/c1-11-6-7-14(10-16-11)21-9-5-4-8-17-23(19,20)15-12(2)18-22-13(15)3/h6-7,10,17H,8-9H2,1-3H3. The molecule has 1 N–H and O–H groups in total. The molecular formula is C15H17N3O4S. The highest BCUT2D eigenvalue weighted by atomic mass is 32.2. The largest absolute Gasteiger partial charge is 0.479 e. The molecule has 0 radical (unpaired) electrons. The van der Waals surface area contributed by atoms with Crippen LogP contribution in [-0.2, 0) is 10.0 Å². The average Bonchev–Trinajstić information content (AvgIpc) is 2.84. The van der Waals surface area contributed by atoms with Crippen LogP contribution in [0.2, 0.25) is 0 Å². The number of nitrogens with one attached hydrogen (secondary N) is 1. The Bertz CT molecular complexity index is 810. The molecule has 2 rings (SSSR count). The van der Waals surface area contributed by atoms with Gasteiger partial charge in [-0.15, -0.1) is 0 Å². The second kappa shape index (κ2) is 7.26. The molecule has 0 fully saturated rings. The van der Waals surface area contributed by atoms with Crippen molar-refractivity contribution in [3.63, 3.8) is 0 Å². The van der Waals surface area contributed by atoms with Gasteiger partial charge in [-0.2, -0.15) is 4.72 Å². The summed E-state index contributed by atoms with van der Waals surface area (Å²) in [5.74, 6) is 6.28. The lowest BCUT2D eigenvalue weighted by Gasteiger charge is -2.02. The summed E-state index contributed by atoms with van der Waals surface area (Å²) in [6.45, 7) is 5.12. The van der Waals surface area contributed by atoms with Crippen molar-refractivity contribution in [1.29, 1.82) is 0 Å². The van der Waals surface area contributed by atoms with E-state index >= 15 is 0 Å². The Kier molecular flexibility index (Phi) is 5.36. The Morgan fingerprint density at radius 1 is 1.26 bits per heavy atom. The molecule has 2 aromatic heterocycles. The van der Waals surface area contributed by atoms with E-state index in [0.717, 1.165) is 5.69 Å². The van der Waals surface area contributed by atoms with Crippen LogP contribution in [0.25, 0.3) is 0 Å². The molecule has 8 heteroatoms. The maximum atomic E-state index is 12.1. The minimum Gasteiger partial charge on any atom is -0.479 e. The molecule has 0 spiro atoms. The molecule has 0 saturated heterocycles. The number of hydrogen-bond acceptors (Lipinski definition) is 6. The third-order valence-electron chi connectivity index (χ3n) is 2.91. The zero-order valence-electron chi connectivity index (χ0n) is 13.1. The number of nitrogens with zero attached hydrogens (tertiary/aromatic N) is 2. The highest BCUT2D eigenvalue weighted by Crippen LogP contribution is 2.18. The van der Waals surface area contributed by atoms with Gasteiger partial charge in [0.25, 0.3) is 0 Å². The van der Waals surface area contributed by atoms with Gasteiger partial charge in [-0.05, 0) is 32.9 Å². The van der Waals surface area contributed by atoms with E-state index in [4.69, 9.17) is 9.26 Å². The van der Waals surface area contributed by atoms with E-state index in [-0.39, 0.29) is 23.8 Å². The molecule has 0 unspecified atom stereocenters. The van der Waals surface area contributed by atoms with Gasteiger partial charge in [0.15, 0.2) is 5.76 Å². The molecule has 0 aliphatic rings. The number of ether oxygens (including phenoxy) is 1. The van der Waals surface area contributed by atoms with E-state index in [1.807, 2.05) is 13.0 Å². The van der Waals surface area contributed by atoms with Crippen molar-refractivity contribution in [1.82, 2.24) is 14.9 Å². The Morgan fingerprint density at radius 2 is 2.04 bits per heavy atom. The lowest BCUT2D eigenvalue weighted by molar-refractivity contribution is 0.368. The Morgan fingerprint density at radius 3 is 2.65 bits per heavy atom. The third kappa shape index (κ3) is 4.55. The summed E-state index contributed by atoms with van der Waals surface area (Å²) in [7, 11) is -3.68. The molecule has 23 heavy (non-hydrogen) atoms. The zero-order chi connectivity index (χ0) is 16.9. The van der Waals surface area contributed by atoms with Crippen molar-refractivity contribution >= 4 is 10.0 Å². The lowest BCUT2D eigenvalue weighted by Crippen LogP contribution is -2.25. The number of pyridine rings is 1. The Hall–Kier alpha value is -2.37. The van der Waals surface area contributed by atoms with Gasteiger partial charge in [0.2, 0.25) is 10.0 Å². The van der Waals surface area contributed by atoms with Crippen LogP contribution in [0.3, 0.4) is 0 Å². The molecule has 2 aromatic rings. The first-order chi connectivity index (χ1) is 10.9. The highest BCUT2D eigenvalue weighted by Gasteiger charge is 2.23. The Balaban J connectivity index is 1.84. The fourth-order valence-electron chi connectivity index (χ4n) is 1.83. The van der Waals surface area contributed by atoms with Crippen LogP contribution in [0.4, 0.5) is 0 Å². The molecule has 2 heterocycles. The summed E-state index contributed by atoms with van der Waals surface area (Å²) in [5.41, 5.74) is 1.22. The van der Waals surface area contributed by atoms with Gasteiger partial charge in [-0.3, -0.25) is 4.98 Å². The highest BCUT2D eigenvalue weighted by molar-refractivity contribution is 7.89. The summed E-state index contributed by atoms with van der Waals surface area (Å²) in [6.07, 6.45) is 1.61. The maximum Gasteiger partial charge on any atom is 0.246 e. The summed E-state index contributed by atoms with van der Waals surface area (Å²) in [5, 5.41) is 3.62. The number of hydrogen-bond donors (Lipinski definition) is 1. The molecule has 0 aliphatic carbocycles.